The van der Waals surface area contributed by atoms with Gasteiger partial charge in [-0.3, -0.25) is 14.8 Å². The van der Waals surface area contributed by atoms with Gasteiger partial charge in [0.1, 0.15) is 11.8 Å². The van der Waals surface area contributed by atoms with Crippen LogP contribution in [0.1, 0.15) is 41.3 Å². The number of carbonyl (C=O) groups is 2. The van der Waals surface area contributed by atoms with E-state index in [4.69, 9.17) is 15.7 Å². The van der Waals surface area contributed by atoms with Crippen molar-refractivity contribution in [2.24, 2.45) is 5.73 Å². The second-order valence-electron chi connectivity index (χ2n) is 7.21. The third kappa shape index (κ3) is 6.61. The van der Waals surface area contributed by atoms with E-state index in [1.807, 2.05) is 24.3 Å². The Morgan fingerprint density at radius 1 is 1.03 bits per heavy atom. The molecule has 31 heavy (non-hydrogen) atoms. The van der Waals surface area contributed by atoms with Gasteiger partial charge in [-0.1, -0.05) is 11.8 Å². The quantitative estimate of drug-likeness (QED) is 0.324. The van der Waals surface area contributed by atoms with Gasteiger partial charge >= 0.3 is 0 Å². The first-order chi connectivity index (χ1) is 15.0. The van der Waals surface area contributed by atoms with E-state index >= 15 is 0 Å². The van der Waals surface area contributed by atoms with Gasteiger partial charge in [0.05, 0.1) is 6.10 Å². The Bertz CT molecular complexity index is 1050. The molecular weight excluding hydrogens is 394 g/mol. The van der Waals surface area contributed by atoms with Crippen molar-refractivity contribution in [3.63, 3.8) is 0 Å². The fourth-order valence-electron chi connectivity index (χ4n) is 2.64. The van der Waals surface area contributed by atoms with Crippen molar-refractivity contribution in [1.82, 2.24) is 10.8 Å². The largest absolute Gasteiger partial charge is 0.490 e. The maximum absolute atomic E-state index is 12.3. The zero-order valence-electron chi connectivity index (χ0n) is 17.0. The average molecular weight is 417 g/mol. The van der Waals surface area contributed by atoms with Crippen LogP contribution in [-0.2, 0) is 4.79 Å². The van der Waals surface area contributed by atoms with Gasteiger partial charge in [0, 0.05) is 22.7 Å². The summed E-state index contributed by atoms with van der Waals surface area (Å²) in [6, 6.07) is 12.4. The Kier molecular flexibility index (Phi) is 7.29. The number of carbonyl (C=O) groups excluding carboxylic acids is 2. The number of hydrogen-bond acceptors (Lipinski definition) is 5. The summed E-state index contributed by atoms with van der Waals surface area (Å²) < 4.78 is 5.70. The molecule has 2 aromatic rings. The van der Waals surface area contributed by atoms with Crippen molar-refractivity contribution in [3.05, 3.63) is 65.2 Å². The first kappa shape index (κ1) is 21.9. The van der Waals surface area contributed by atoms with Crippen LogP contribution < -0.4 is 21.3 Å². The molecule has 7 heteroatoms. The lowest BCUT2D eigenvalue weighted by Gasteiger charge is -2.19. The molecule has 1 fully saturated rings. The highest BCUT2D eigenvalue weighted by atomic mass is 16.5. The molecule has 3 rings (SSSR count). The molecule has 158 valence electrons. The minimum Gasteiger partial charge on any atom is -0.490 e. The standard InChI is InChI=1S/C24H23N3O4/c1-16(25)22(24(29)27-30)26-23(28)19-10-6-17(7-11-19)4-2-3-5-18-8-12-20(13-9-18)31-21-14-15-21/h6-13,16,21-22,30H,14-15,25H2,1H3,(H,26,28)(H,27,29)/t16-,22+/m1/s1. The van der Waals surface area contributed by atoms with Crippen LogP contribution >= 0.6 is 0 Å². The molecule has 2 aromatic carbocycles. The van der Waals surface area contributed by atoms with E-state index in [0.29, 0.717) is 17.2 Å². The van der Waals surface area contributed by atoms with Crippen molar-refractivity contribution in [1.29, 1.82) is 0 Å². The minimum atomic E-state index is -1.05. The van der Waals surface area contributed by atoms with Crippen LogP contribution in [0.25, 0.3) is 0 Å². The Labute approximate surface area is 180 Å². The Balaban J connectivity index is 1.57. The molecule has 7 nitrogen and oxygen atoms in total. The van der Waals surface area contributed by atoms with E-state index < -0.39 is 23.9 Å². The number of benzene rings is 2. The van der Waals surface area contributed by atoms with E-state index in [1.165, 1.54) is 5.48 Å². The van der Waals surface area contributed by atoms with Crippen LogP contribution in [0.2, 0.25) is 0 Å². The Morgan fingerprint density at radius 2 is 1.58 bits per heavy atom. The molecule has 0 bridgehead atoms. The van der Waals surface area contributed by atoms with Crippen molar-refractivity contribution in [2.45, 2.75) is 38.0 Å². The number of hydrogen-bond donors (Lipinski definition) is 4. The molecule has 2 atom stereocenters. The molecule has 0 saturated heterocycles. The van der Waals surface area contributed by atoms with Gasteiger partial charge in [0.15, 0.2) is 0 Å². The second kappa shape index (κ2) is 10.3. The molecule has 0 unspecified atom stereocenters. The lowest BCUT2D eigenvalue weighted by atomic mass is 10.1. The third-order valence-electron chi connectivity index (χ3n) is 4.51. The zero-order chi connectivity index (χ0) is 22.2. The lowest BCUT2D eigenvalue weighted by Crippen LogP contribution is -2.54. The topological polar surface area (TPSA) is 114 Å². The number of rotatable bonds is 6. The molecule has 0 spiro atoms. The first-order valence-corrected chi connectivity index (χ1v) is 9.85. The van der Waals surface area contributed by atoms with Gasteiger partial charge in [-0.15, -0.1) is 0 Å². The second-order valence-corrected chi connectivity index (χ2v) is 7.21. The maximum atomic E-state index is 12.3. The molecule has 0 aliphatic heterocycles. The van der Waals surface area contributed by atoms with Gasteiger partial charge in [0.2, 0.25) is 0 Å². The van der Waals surface area contributed by atoms with E-state index in [1.54, 1.807) is 31.2 Å². The summed E-state index contributed by atoms with van der Waals surface area (Å²) in [6.45, 7) is 1.55. The monoisotopic (exact) mass is 417 g/mol. The van der Waals surface area contributed by atoms with E-state index in [-0.39, 0.29) is 0 Å². The molecule has 1 aliphatic rings. The lowest BCUT2D eigenvalue weighted by molar-refractivity contribution is -0.131. The molecule has 0 radical (unpaired) electrons. The predicted octanol–water partition coefficient (Wildman–Crippen LogP) is 1.58. The highest BCUT2D eigenvalue weighted by Crippen LogP contribution is 2.26. The molecule has 5 N–H and O–H groups in total. The summed E-state index contributed by atoms with van der Waals surface area (Å²) in [6.07, 6.45) is 2.61. The minimum absolute atomic E-state index is 0.335. The fourth-order valence-corrected chi connectivity index (χ4v) is 2.64. The van der Waals surface area contributed by atoms with Crippen LogP contribution in [0.3, 0.4) is 0 Å². The number of nitrogens with two attached hydrogens (primary N) is 1. The van der Waals surface area contributed by atoms with Crippen LogP contribution in [0.5, 0.6) is 5.75 Å². The third-order valence-corrected chi connectivity index (χ3v) is 4.51. The summed E-state index contributed by atoms with van der Waals surface area (Å²) in [4.78, 5) is 23.9. The van der Waals surface area contributed by atoms with Crippen LogP contribution in [-0.4, -0.2) is 35.2 Å². The van der Waals surface area contributed by atoms with Gasteiger partial charge in [-0.2, -0.15) is 0 Å². The highest BCUT2D eigenvalue weighted by molar-refractivity contribution is 5.97. The molecule has 2 amide bonds. The molecule has 0 heterocycles. The van der Waals surface area contributed by atoms with E-state index in [9.17, 15) is 9.59 Å². The fraction of sp³-hybridized carbons (Fsp3) is 0.250. The molecule has 1 aliphatic carbocycles. The SMILES string of the molecule is C[C@@H](N)[C@H](NC(=O)c1ccc(C#CC#Cc2ccc(OC3CC3)cc2)cc1)C(=O)NO. The van der Waals surface area contributed by atoms with Crippen molar-refractivity contribution in [3.8, 4) is 29.4 Å². The number of nitrogens with one attached hydrogen (secondary N) is 2. The van der Waals surface area contributed by atoms with Crippen LogP contribution in [0.15, 0.2) is 48.5 Å². The Morgan fingerprint density at radius 3 is 2.06 bits per heavy atom. The predicted molar refractivity (Wildman–Crippen MR) is 115 cm³/mol. The van der Waals surface area contributed by atoms with Gasteiger partial charge < -0.3 is 15.8 Å². The number of amides is 2. The summed E-state index contributed by atoms with van der Waals surface area (Å²) in [5.41, 5.74) is 9.05. The molecule has 0 aromatic heterocycles. The summed E-state index contributed by atoms with van der Waals surface area (Å²) in [5, 5.41) is 11.2. The van der Waals surface area contributed by atoms with E-state index in [2.05, 4.69) is 29.0 Å². The van der Waals surface area contributed by atoms with Crippen molar-refractivity contribution < 1.29 is 19.5 Å². The normalized spacial score (nSPS) is 14.0. The number of hydroxylamine groups is 1. The average Bonchev–Trinajstić information content (AvgIpc) is 3.59. The molecular formula is C24H23N3O4. The van der Waals surface area contributed by atoms with E-state index in [0.717, 1.165) is 24.2 Å². The summed E-state index contributed by atoms with van der Waals surface area (Å²) in [7, 11) is 0. The maximum Gasteiger partial charge on any atom is 0.267 e. The van der Waals surface area contributed by atoms with Gasteiger partial charge in [-0.05, 0) is 80.1 Å². The van der Waals surface area contributed by atoms with Crippen LogP contribution in [0.4, 0.5) is 0 Å². The number of ether oxygens (including phenoxy) is 1. The van der Waals surface area contributed by atoms with Crippen LogP contribution in [0, 0.1) is 23.7 Å². The van der Waals surface area contributed by atoms with Crippen molar-refractivity contribution in [2.75, 3.05) is 0 Å². The summed E-state index contributed by atoms with van der Waals surface area (Å²) >= 11 is 0. The van der Waals surface area contributed by atoms with Crippen molar-refractivity contribution >= 4 is 11.8 Å². The summed E-state index contributed by atoms with van der Waals surface area (Å²) in [5.74, 6) is 11.1. The molecule has 1 saturated carbocycles. The smallest absolute Gasteiger partial charge is 0.267 e. The van der Waals surface area contributed by atoms with Gasteiger partial charge in [0.25, 0.3) is 11.8 Å². The first-order valence-electron chi connectivity index (χ1n) is 9.85. The van der Waals surface area contributed by atoms with Gasteiger partial charge in [-0.25, -0.2) is 5.48 Å². The highest BCUT2D eigenvalue weighted by Gasteiger charge is 2.25. The Hall–Kier alpha value is -3.78. The zero-order valence-corrected chi connectivity index (χ0v) is 17.0.